The Balaban J connectivity index is 1.23. The molecule has 2 amide bonds. The summed E-state index contributed by atoms with van der Waals surface area (Å²) in [6.07, 6.45) is 5.31. The first-order valence-corrected chi connectivity index (χ1v) is 14.1. The Kier molecular flexibility index (Phi) is 7.15. The number of amides is 2. The van der Waals surface area contributed by atoms with Crippen molar-refractivity contribution < 1.29 is 27.5 Å². The van der Waals surface area contributed by atoms with Crippen LogP contribution < -0.4 is 20.7 Å². The number of hydrogen-bond donors (Lipinski definition) is 3. The zero-order chi connectivity index (χ0) is 28.0. The molecule has 3 aromatic rings. The fraction of sp³-hybridized carbons (Fsp3) is 0.560. The third-order valence-electron chi connectivity index (χ3n) is 7.65. The highest BCUT2D eigenvalue weighted by atomic mass is 32.1. The van der Waals surface area contributed by atoms with Gasteiger partial charge in [-0.15, -0.1) is 26.6 Å². The van der Waals surface area contributed by atoms with Gasteiger partial charge < -0.3 is 20.7 Å². The second-order valence-corrected chi connectivity index (χ2v) is 11.7. The number of ether oxygens (including phenoxy) is 1. The van der Waals surface area contributed by atoms with Crippen LogP contribution in [0.5, 0.6) is 5.88 Å². The molecule has 2 fully saturated rings. The molecule has 0 radical (unpaired) electrons. The topological polar surface area (TPSA) is 128 Å². The summed E-state index contributed by atoms with van der Waals surface area (Å²) in [5.74, 6) is 0.309. The highest BCUT2D eigenvalue weighted by Crippen LogP contribution is 2.43. The molecule has 0 aliphatic heterocycles. The van der Waals surface area contributed by atoms with Crippen LogP contribution in [0.25, 0.3) is 0 Å². The van der Waals surface area contributed by atoms with Gasteiger partial charge in [-0.2, -0.15) is 8.78 Å². The van der Waals surface area contributed by atoms with E-state index >= 15 is 0 Å². The molecule has 3 aromatic heterocycles. The van der Waals surface area contributed by atoms with Gasteiger partial charge in [0.25, 0.3) is 5.91 Å². The van der Waals surface area contributed by atoms with Crippen molar-refractivity contribution in [1.29, 1.82) is 0 Å². The standard InChI is InChI=1S/C25H29F3N8O3S/c1-35-18(9-19(34-35)39-24(27)28)31-25-33-30-11-36(25)15-4-5-17-16(8-15)20(22(38)29-10-12-6-14(26)7-12)23(40-17)32-21(37)13-2-3-13/h9,11-15,24H,2-8,10H2,1H3,(H,29,38)(H,31,33)(H,32,37)/t12?,14?,15-/m0/s1. The van der Waals surface area contributed by atoms with E-state index in [-0.39, 0.29) is 35.6 Å². The maximum absolute atomic E-state index is 13.4. The van der Waals surface area contributed by atoms with Gasteiger partial charge in [0.15, 0.2) is 0 Å². The summed E-state index contributed by atoms with van der Waals surface area (Å²) in [7, 11) is 1.58. The average molecular weight is 579 g/mol. The lowest BCUT2D eigenvalue weighted by Crippen LogP contribution is -2.37. The molecule has 2 saturated carbocycles. The number of hydrogen-bond acceptors (Lipinski definition) is 8. The number of carbonyl (C=O) groups excluding carboxylic acids is 2. The molecule has 3 aliphatic rings. The molecule has 6 rings (SSSR count). The Morgan fingerprint density at radius 1 is 1.25 bits per heavy atom. The molecule has 0 spiro atoms. The van der Waals surface area contributed by atoms with Gasteiger partial charge in [-0.05, 0) is 56.4 Å². The summed E-state index contributed by atoms with van der Waals surface area (Å²) in [5.41, 5.74) is 1.34. The van der Waals surface area contributed by atoms with E-state index in [9.17, 15) is 22.8 Å². The van der Waals surface area contributed by atoms with E-state index in [1.54, 1.807) is 13.4 Å². The number of halogens is 3. The number of alkyl halides is 3. The zero-order valence-electron chi connectivity index (χ0n) is 21.7. The number of carbonyl (C=O) groups is 2. The minimum atomic E-state index is -2.99. The van der Waals surface area contributed by atoms with Gasteiger partial charge in [-0.25, -0.2) is 9.07 Å². The van der Waals surface area contributed by atoms with Gasteiger partial charge in [-0.3, -0.25) is 14.2 Å². The van der Waals surface area contributed by atoms with Crippen molar-refractivity contribution >= 4 is 39.9 Å². The number of nitrogens with one attached hydrogen (secondary N) is 3. The van der Waals surface area contributed by atoms with Crippen LogP contribution in [0.4, 0.5) is 29.9 Å². The SMILES string of the molecule is Cn1nc(OC(F)F)cc1Nc1nncn1[C@H]1CCc2sc(NC(=O)C3CC3)c(C(=O)NCC3CC(F)C3)c2C1. The van der Waals surface area contributed by atoms with Crippen molar-refractivity contribution in [1.82, 2.24) is 29.9 Å². The molecule has 3 heterocycles. The van der Waals surface area contributed by atoms with E-state index in [1.807, 2.05) is 4.57 Å². The van der Waals surface area contributed by atoms with Crippen molar-refractivity contribution in [2.24, 2.45) is 18.9 Å². The summed E-state index contributed by atoms with van der Waals surface area (Å²) in [6.45, 7) is -2.60. The molecule has 0 bridgehead atoms. The van der Waals surface area contributed by atoms with Crippen LogP contribution in [0.2, 0.25) is 0 Å². The molecule has 11 nitrogen and oxygen atoms in total. The van der Waals surface area contributed by atoms with Crippen LogP contribution in [0, 0.1) is 11.8 Å². The van der Waals surface area contributed by atoms with E-state index < -0.39 is 12.8 Å². The highest BCUT2D eigenvalue weighted by Gasteiger charge is 2.35. The van der Waals surface area contributed by atoms with Crippen molar-refractivity contribution in [2.75, 3.05) is 17.2 Å². The van der Waals surface area contributed by atoms with E-state index in [2.05, 4.69) is 36.0 Å². The number of nitrogens with zero attached hydrogens (tertiary/aromatic N) is 5. The molecular formula is C25H29F3N8O3S. The summed E-state index contributed by atoms with van der Waals surface area (Å²) in [6, 6.07) is 1.23. The first-order chi connectivity index (χ1) is 19.2. The Hall–Kier alpha value is -3.62. The number of aromatic nitrogens is 5. The number of thiophene rings is 1. The second kappa shape index (κ2) is 10.7. The molecule has 15 heteroatoms. The van der Waals surface area contributed by atoms with E-state index in [1.165, 1.54) is 22.1 Å². The number of rotatable bonds is 10. The van der Waals surface area contributed by atoms with Gasteiger partial charge >= 0.3 is 6.61 Å². The van der Waals surface area contributed by atoms with E-state index in [0.29, 0.717) is 54.6 Å². The summed E-state index contributed by atoms with van der Waals surface area (Å²) in [5, 5.41) is 21.7. The summed E-state index contributed by atoms with van der Waals surface area (Å²) >= 11 is 1.44. The van der Waals surface area contributed by atoms with Gasteiger partial charge in [0.05, 0.1) is 5.56 Å². The average Bonchev–Trinajstić information content (AvgIpc) is 3.41. The second-order valence-electron chi connectivity index (χ2n) is 10.6. The Morgan fingerprint density at radius 3 is 2.77 bits per heavy atom. The van der Waals surface area contributed by atoms with Crippen LogP contribution in [0.1, 0.15) is 58.9 Å². The fourth-order valence-electron chi connectivity index (χ4n) is 5.26. The van der Waals surface area contributed by atoms with Crippen LogP contribution in [-0.4, -0.2) is 55.7 Å². The lowest BCUT2D eigenvalue weighted by Gasteiger charge is -2.29. The molecule has 1 atom stereocenters. The quantitative estimate of drug-likeness (QED) is 0.332. The van der Waals surface area contributed by atoms with Crippen LogP contribution in [-0.2, 0) is 24.7 Å². The van der Waals surface area contributed by atoms with Crippen LogP contribution in [0.3, 0.4) is 0 Å². The predicted octanol–water partition coefficient (Wildman–Crippen LogP) is 3.97. The molecule has 214 valence electrons. The van der Waals surface area contributed by atoms with Crippen molar-refractivity contribution in [3.8, 4) is 5.88 Å². The van der Waals surface area contributed by atoms with Crippen molar-refractivity contribution in [3.05, 3.63) is 28.4 Å². The Labute approximate surface area is 231 Å². The molecule has 40 heavy (non-hydrogen) atoms. The van der Waals surface area contributed by atoms with Gasteiger partial charge in [0.1, 0.15) is 23.3 Å². The zero-order valence-corrected chi connectivity index (χ0v) is 22.5. The highest BCUT2D eigenvalue weighted by molar-refractivity contribution is 7.17. The van der Waals surface area contributed by atoms with Crippen molar-refractivity contribution in [3.63, 3.8) is 0 Å². The fourth-order valence-corrected chi connectivity index (χ4v) is 6.50. The molecule has 3 aliphatic carbocycles. The molecular weight excluding hydrogens is 549 g/mol. The van der Waals surface area contributed by atoms with E-state index in [0.717, 1.165) is 29.7 Å². The lowest BCUT2D eigenvalue weighted by molar-refractivity contribution is -0.117. The number of fused-ring (bicyclic) bond motifs is 1. The van der Waals surface area contributed by atoms with Crippen LogP contribution in [0.15, 0.2) is 12.4 Å². The summed E-state index contributed by atoms with van der Waals surface area (Å²) < 4.78 is 46.1. The maximum Gasteiger partial charge on any atom is 0.388 e. The minimum absolute atomic E-state index is 0.0106. The van der Waals surface area contributed by atoms with E-state index in [4.69, 9.17) is 0 Å². The largest absolute Gasteiger partial charge is 0.415 e. The van der Waals surface area contributed by atoms with Gasteiger partial charge in [0, 0.05) is 36.5 Å². The lowest BCUT2D eigenvalue weighted by atomic mass is 9.83. The molecule has 3 N–H and O–H groups in total. The first kappa shape index (κ1) is 26.6. The summed E-state index contributed by atoms with van der Waals surface area (Å²) in [4.78, 5) is 27.1. The predicted molar refractivity (Wildman–Crippen MR) is 140 cm³/mol. The molecule has 0 aromatic carbocycles. The minimum Gasteiger partial charge on any atom is -0.415 e. The molecule has 0 saturated heterocycles. The third-order valence-corrected chi connectivity index (χ3v) is 8.86. The molecule has 0 unspecified atom stereocenters. The maximum atomic E-state index is 13.4. The monoisotopic (exact) mass is 578 g/mol. The van der Waals surface area contributed by atoms with Gasteiger partial charge in [0.2, 0.25) is 17.7 Å². The number of aryl methyl sites for hydroxylation is 2. The number of anilines is 3. The third kappa shape index (κ3) is 5.51. The van der Waals surface area contributed by atoms with Crippen LogP contribution >= 0.6 is 11.3 Å². The normalized spacial score (nSPS) is 22.0. The first-order valence-electron chi connectivity index (χ1n) is 13.3. The smallest absolute Gasteiger partial charge is 0.388 e. The Bertz CT molecular complexity index is 1410. The van der Waals surface area contributed by atoms with Gasteiger partial charge in [-0.1, -0.05) is 0 Å². The Morgan fingerprint density at radius 2 is 2.05 bits per heavy atom. The van der Waals surface area contributed by atoms with Crippen molar-refractivity contribution in [2.45, 2.75) is 63.8 Å².